The molecule has 100 valence electrons. The predicted octanol–water partition coefficient (Wildman–Crippen LogP) is 3.89. The van der Waals surface area contributed by atoms with Gasteiger partial charge < -0.3 is 10.3 Å². The third-order valence-electron chi connectivity index (χ3n) is 2.84. The number of nitrogens with two attached hydrogens (primary N) is 1. The number of hydrogen-bond acceptors (Lipinski definition) is 4. The molecule has 0 saturated heterocycles. The topological polar surface area (TPSA) is 64.9 Å². The maximum atomic E-state index is 14.1. The maximum Gasteiger partial charge on any atom is 0.179 e. The second kappa shape index (κ2) is 5.05. The van der Waals surface area contributed by atoms with E-state index in [9.17, 15) is 4.39 Å². The fourth-order valence-corrected chi connectivity index (χ4v) is 2.28. The second-order valence-corrected chi connectivity index (χ2v) is 5.05. The van der Waals surface area contributed by atoms with Crippen molar-refractivity contribution in [3.05, 3.63) is 53.0 Å². The Hall–Kier alpha value is -2.21. The van der Waals surface area contributed by atoms with Crippen LogP contribution < -0.4 is 5.73 Å². The first-order valence-corrected chi connectivity index (χ1v) is 6.57. The molecule has 0 amide bonds. The summed E-state index contributed by atoms with van der Waals surface area (Å²) < 4.78 is 19.9. The Morgan fingerprint density at radius 2 is 2.10 bits per heavy atom. The molecule has 2 N–H and O–H groups in total. The number of nitrogens with zero attached hydrogens (tertiary/aromatic N) is 2. The Bertz CT molecular complexity index is 758. The Morgan fingerprint density at radius 1 is 1.25 bits per heavy atom. The van der Waals surface area contributed by atoms with Crippen molar-refractivity contribution in [2.24, 2.45) is 0 Å². The zero-order valence-electron chi connectivity index (χ0n) is 10.2. The molecule has 0 saturated carbocycles. The highest BCUT2D eigenvalue weighted by Gasteiger charge is 2.20. The minimum atomic E-state index is -0.416. The molecular weight excluding hydrogens is 325 g/mol. The Kier molecular flexibility index (Phi) is 3.23. The van der Waals surface area contributed by atoms with Crippen LogP contribution >= 0.6 is 15.9 Å². The largest absolute Gasteiger partial charge is 0.380 e. The van der Waals surface area contributed by atoms with Gasteiger partial charge in [0.1, 0.15) is 5.82 Å². The molecule has 20 heavy (non-hydrogen) atoms. The van der Waals surface area contributed by atoms with E-state index in [1.54, 1.807) is 30.6 Å². The quantitative estimate of drug-likeness (QED) is 0.772. The maximum absolute atomic E-state index is 14.1. The highest BCUT2D eigenvalue weighted by atomic mass is 79.9. The van der Waals surface area contributed by atoms with Crippen LogP contribution in [0.25, 0.3) is 22.5 Å². The summed E-state index contributed by atoms with van der Waals surface area (Å²) in [5.41, 5.74) is 7.40. The van der Waals surface area contributed by atoms with E-state index in [0.717, 1.165) is 5.56 Å². The van der Waals surface area contributed by atoms with Crippen LogP contribution in [-0.2, 0) is 0 Å². The van der Waals surface area contributed by atoms with Gasteiger partial charge in [0.05, 0.1) is 11.1 Å². The molecule has 0 unspecified atom stereocenters. The van der Waals surface area contributed by atoms with Crippen molar-refractivity contribution in [1.29, 1.82) is 0 Å². The van der Waals surface area contributed by atoms with Gasteiger partial charge in [0.2, 0.25) is 0 Å². The SMILES string of the molecule is Nc1noc(-c2ccc(Br)cc2F)c1-c1cccnc1. The lowest BCUT2D eigenvalue weighted by atomic mass is 10.0. The summed E-state index contributed by atoms with van der Waals surface area (Å²) in [4.78, 5) is 4.03. The van der Waals surface area contributed by atoms with Gasteiger partial charge in [-0.15, -0.1) is 0 Å². The van der Waals surface area contributed by atoms with Gasteiger partial charge in [0, 0.05) is 22.4 Å². The van der Waals surface area contributed by atoms with Crippen LogP contribution in [-0.4, -0.2) is 10.1 Å². The van der Waals surface area contributed by atoms with Crippen LogP contribution in [0.15, 0.2) is 51.7 Å². The number of pyridine rings is 1. The lowest BCUT2D eigenvalue weighted by Crippen LogP contribution is -1.90. The van der Waals surface area contributed by atoms with Gasteiger partial charge in [-0.05, 0) is 24.3 Å². The fourth-order valence-electron chi connectivity index (χ4n) is 1.95. The number of anilines is 1. The van der Waals surface area contributed by atoms with E-state index >= 15 is 0 Å². The van der Waals surface area contributed by atoms with Gasteiger partial charge in [-0.1, -0.05) is 27.2 Å². The lowest BCUT2D eigenvalue weighted by Gasteiger charge is -2.04. The molecule has 0 fully saturated rings. The first kappa shape index (κ1) is 12.8. The van der Waals surface area contributed by atoms with E-state index in [1.165, 1.54) is 6.07 Å². The van der Waals surface area contributed by atoms with Gasteiger partial charge in [0.15, 0.2) is 11.6 Å². The van der Waals surface area contributed by atoms with E-state index < -0.39 is 5.82 Å². The van der Waals surface area contributed by atoms with Gasteiger partial charge in [-0.3, -0.25) is 4.98 Å². The van der Waals surface area contributed by atoms with Gasteiger partial charge >= 0.3 is 0 Å². The molecule has 0 radical (unpaired) electrons. The molecule has 0 aliphatic rings. The zero-order chi connectivity index (χ0) is 14.1. The lowest BCUT2D eigenvalue weighted by molar-refractivity contribution is 0.433. The smallest absolute Gasteiger partial charge is 0.179 e. The molecule has 0 atom stereocenters. The van der Waals surface area contributed by atoms with Crippen molar-refractivity contribution < 1.29 is 8.91 Å². The molecule has 2 heterocycles. The van der Waals surface area contributed by atoms with Crippen LogP contribution in [0, 0.1) is 5.82 Å². The molecule has 3 aromatic rings. The number of hydrogen-bond donors (Lipinski definition) is 1. The Labute approximate surface area is 122 Å². The van der Waals surface area contributed by atoms with Gasteiger partial charge in [0.25, 0.3) is 0 Å². The van der Waals surface area contributed by atoms with Crippen LogP contribution in [0.2, 0.25) is 0 Å². The normalized spacial score (nSPS) is 10.7. The molecule has 3 rings (SSSR count). The highest BCUT2D eigenvalue weighted by molar-refractivity contribution is 9.10. The Morgan fingerprint density at radius 3 is 2.80 bits per heavy atom. The zero-order valence-corrected chi connectivity index (χ0v) is 11.8. The van der Waals surface area contributed by atoms with E-state index in [0.29, 0.717) is 21.4 Å². The van der Waals surface area contributed by atoms with Gasteiger partial charge in [-0.2, -0.15) is 0 Å². The molecule has 0 bridgehead atoms. The molecule has 0 spiro atoms. The molecule has 4 nitrogen and oxygen atoms in total. The minimum Gasteiger partial charge on any atom is -0.380 e. The first-order valence-electron chi connectivity index (χ1n) is 5.78. The van der Waals surface area contributed by atoms with Crippen LogP contribution in [0.3, 0.4) is 0 Å². The van der Waals surface area contributed by atoms with E-state index in [-0.39, 0.29) is 5.82 Å². The summed E-state index contributed by atoms with van der Waals surface area (Å²) >= 11 is 3.22. The number of aromatic nitrogens is 2. The van der Waals surface area contributed by atoms with Crippen LogP contribution in [0.4, 0.5) is 10.2 Å². The standard InChI is InChI=1S/C14H9BrFN3O/c15-9-3-4-10(11(16)6-9)13-12(14(17)19-20-13)8-2-1-5-18-7-8/h1-7H,(H2,17,19). The van der Waals surface area contributed by atoms with Crippen LogP contribution in [0.5, 0.6) is 0 Å². The summed E-state index contributed by atoms with van der Waals surface area (Å²) in [6.07, 6.45) is 3.27. The average molecular weight is 334 g/mol. The first-order chi connectivity index (χ1) is 9.66. The third-order valence-corrected chi connectivity index (χ3v) is 3.34. The average Bonchev–Trinajstić information content (AvgIpc) is 2.81. The van der Waals surface area contributed by atoms with Crippen molar-refractivity contribution >= 4 is 21.7 Å². The van der Waals surface area contributed by atoms with Crippen molar-refractivity contribution in [3.63, 3.8) is 0 Å². The van der Waals surface area contributed by atoms with Crippen molar-refractivity contribution in [3.8, 4) is 22.5 Å². The molecule has 0 aliphatic heterocycles. The van der Waals surface area contributed by atoms with Crippen molar-refractivity contribution in [1.82, 2.24) is 10.1 Å². The second-order valence-electron chi connectivity index (χ2n) is 4.14. The van der Waals surface area contributed by atoms with E-state index in [2.05, 4.69) is 26.1 Å². The predicted molar refractivity (Wildman–Crippen MR) is 77.2 cm³/mol. The minimum absolute atomic E-state index is 0.204. The molecule has 6 heteroatoms. The van der Waals surface area contributed by atoms with Crippen molar-refractivity contribution in [2.75, 3.05) is 5.73 Å². The summed E-state index contributed by atoms with van der Waals surface area (Å²) in [6.45, 7) is 0. The van der Waals surface area contributed by atoms with E-state index in [4.69, 9.17) is 10.3 Å². The number of halogens is 2. The number of nitrogen functional groups attached to an aromatic ring is 1. The molecular formula is C14H9BrFN3O. The highest BCUT2D eigenvalue weighted by Crippen LogP contribution is 2.37. The molecule has 0 aliphatic carbocycles. The summed E-state index contributed by atoms with van der Waals surface area (Å²) in [7, 11) is 0. The number of benzene rings is 1. The summed E-state index contributed by atoms with van der Waals surface area (Å²) in [5.74, 6) is 0.0801. The van der Waals surface area contributed by atoms with Crippen LogP contribution in [0.1, 0.15) is 0 Å². The third kappa shape index (κ3) is 2.18. The molecule has 1 aromatic carbocycles. The fraction of sp³-hybridized carbons (Fsp3) is 0. The van der Waals surface area contributed by atoms with Gasteiger partial charge in [-0.25, -0.2) is 4.39 Å². The summed E-state index contributed by atoms with van der Waals surface area (Å²) in [6, 6.07) is 8.28. The van der Waals surface area contributed by atoms with Crippen molar-refractivity contribution in [2.45, 2.75) is 0 Å². The summed E-state index contributed by atoms with van der Waals surface area (Å²) in [5, 5.41) is 3.73. The molecule has 2 aromatic heterocycles. The number of rotatable bonds is 2. The van der Waals surface area contributed by atoms with E-state index in [1.807, 2.05) is 6.07 Å². The monoisotopic (exact) mass is 333 g/mol. The Balaban J connectivity index is 2.21.